The fourth-order valence-corrected chi connectivity index (χ4v) is 1.41. The van der Waals surface area contributed by atoms with Crippen LogP contribution >= 0.6 is 0 Å². The van der Waals surface area contributed by atoms with Crippen LogP contribution in [0.3, 0.4) is 0 Å². The number of carbonyl (C=O) groups is 1. The molecule has 0 amide bonds. The first-order valence-electron chi connectivity index (χ1n) is 3.91. The van der Waals surface area contributed by atoms with Crippen molar-refractivity contribution in [3.63, 3.8) is 0 Å². The highest BCUT2D eigenvalue weighted by atomic mass is 16.1. The summed E-state index contributed by atoms with van der Waals surface area (Å²) in [5, 5.41) is 0. The minimum Gasteiger partial charge on any atom is -0.330 e. The predicted molar refractivity (Wildman–Crippen MR) is 46.9 cm³/mol. The van der Waals surface area contributed by atoms with Crippen LogP contribution < -0.4 is 0 Å². The standard InChI is InChI=1S/C9H10N2O/c1-9(7-12)6-11-5-3-2-4-8(11)10-9/h2-5,7H,6H2,1H3. The molecule has 0 fully saturated rings. The molecule has 2 rings (SSSR count). The predicted octanol–water partition coefficient (Wildman–Crippen LogP) is 0.742. The topological polar surface area (TPSA) is 32.7 Å². The summed E-state index contributed by atoms with van der Waals surface area (Å²) < 4.78 is 0. The normalized spacial score (nSPS) is 31.8. The number of hydrogen-bond acceptors (Lipinski definition) is 3. The number of allylic oxidation sites excluding steroid dienone is 2. The van der Waals surface area contributed by atoms with Gasteiger partial charge in [-0.3, -0.25) is 4.99 Å². The molecule has 0 N–H and O–H groups in total. The third-order valence-electron chi connectivity index (χ3n) is 2.03. The van der Waals surface area contributed by atoms with Crippen molar-refractivity contribution < 1.29 is 4.79 Å². The maximum atomic E-state index is 10.7. The van der Waals surface area contributed by atoms with Crippen molar-refractivity contribution in [1.29, 1.82) is 0 Å². The van der Waals surface area contributed by atoms with Gasteiger partial charge >= 0.3 is 0 Å². The summed E-state index contributed by atoms with van der Waals surface area (Å²) in [5.74, 6) is 0.882. The van der Waals surface area contributed by atoms with E-state index in [1.54, 1.807) is 0 Å². The maximum absolute atomic E-state index is 10.7. The number of fused-ring (bicyclic) bond motifs is 1. The summed E-state index contributed by atoms with van der Waals surface area (Å²) in [4.78, 5) is 17.0. The average Bonchev–Trinajstić information content (AvgIpc) is 2.42. The van der Waals surface area contributed by atoms with E-state index in [4.69, 9.17) is 0 Å². The molecule has 0 bridgehead atoms. The van der Waals surface area contributed by atoms with E-state index in [1.807, 2.05) is 36.3 Å². The molecule has 0 aliphatic carbocycles. The molecule has 1 atom stereocenters. The average molecular weight is 162 g/mol. The molecule has 2 aliphatic heterocycles. The van der Waals surface area contributed by atoms with E-state index in [1.165, 1.54) is 0 Å². The molecule has 2 heterocycles. The number of carbonyl (C=O) groups excluding carboxylic acids is 1. The van der Waals surface area contributed by atoms with E-state index in [9.17, 15) is 4.79 Å². The van der Waals surface area contributed by atoms with Gasteiger partial charge in [0.1, 0.15) is 17.7 Å². The van der Waals surface area contributed by atoms with Crippen molar-refractivity contribution in [1.82, 2.24) is 4.90 Å². The van der Waals surface area contributed by atoms with Crippen LogP contribution in [-0.4, -0.2) is 29.1 Å². The zero-order valence-corrected chi connectivity index (χ0v) is 6.90. The summed E-state index contributed by atoms with van der Waals surface area (Å²) in [6.07, 6.45) is 8.61. The largest absolute Gasteiger partial charge is 0.330 e. The van der Waals surface area contributed by atoms with Crippen LogP contribution in [0.15, 0.2) is 29.4 Å². The number of aldehydes is 1. The van der Waals surface area contributed by atoms with Crippen LogP contribution in [0, 0.1) is 0 Å². The minimum absolute atomic E-state index is 0.547. The van der Waals surface area contributed by atoms with E-state index in [0.29, 0.717) is 6.54 Å². The highest BCUT2D eigenvalue weighted by Gasteiger charge is 2.33. The zero-order valence-electron chi connectivity index (χ0n) is 6.90. The first kappa shape index (κ1) is 7.28. The Kier molecular flexibility index (Phi) is 1.40. The van der Waals surface area contributed by atoms with Gasteiger partial charge in [0, 0.05) is 6.20 Å². The van der Waals surface area contributed by atoms with E-state index < -0.39 is 5.54 Å². The van der Waals surface area contributed by atoms with Gasteiger partial charge in [0.15, 0.2) is 0 Å². The van der Waals surface area contributed by atoms with Gasteiger partial charge in [0.2, 0.25) is 0 Å². The Morgan fingerprint density at radius 2 is 2.50 bits per heavy atom. The molecule has 3 heteroatoms. The molecular formula is C9H10N2O. The Morgan fingerprint density at radius 1 is 1.67 bits per heavy atom. The molecule has 0 spiro atoms. The Bertz CT molecular complexity index is 304. The summed E-state index contributed by atoms with van der Waals surface area (Å²) in [6.45, 7) is 2.50. The Balaban J connectivity index is 2.34. The van der Waals surface area contributed by atoms with E-state index in [0.717, 1.165) is 12.1 Å². The Labute approximate surface area is 71.1 Å². The van der Waals surface area contributed by atoms with Gasteiger partial charge in [-0.15, -0.1) is 0 Å². The van der Waals surface area contributed by atoms with Gasteiger partial charge in [-0.25, -0.2) is 0 Å². The van der Waals surface area contributed by atoms with Crippen molar-refractivity contribution in [3.05, 3.63) is 24.4 Å². The lowest BCUT2D eigenvalue weighted by Gasteiger charge is -2.17. The molecule has 2 aliphatic rings. The molecule has 12 heavy (non-hydrogen) atoms. The first-order chi connectivity index (χ1) is 5.73. The second-order valence-corrected chi connectivity index (χ2v) is 3.27. The minimum atomic E-state index is -0.547. The molecule has 3 nitrogen and oxygen atoms in total. The molecule has 0 aromatic rings. The van der Waals surface area contributed by atoms with Crippen LogP contribution in [-0.2, 0) is 4.79 Å². The fourth-order valence-electron chi connectivity index (χ4n) is 1.41. The third-order valence-corrected chi connectivity index (χ3v) is 2.03. The maximum Gasteiger partial charge on any atom is 0.149 e. The number of amidine groups is 1. The summed E-state index contributed by atoms with van der Waals surface area (Å²) >= 11 is 0. The van der Waals surface area contributed by atoms with Crippen molar-refractivity contribution in [2.75, 3.05) is 6.54 Å². The molecule has 0 aromatic carbocycles. The first-order valence-corrected chi connectivity index (χ1v) is 3.91. The highest BCUT2D eigenvalue weighted by molar-refractivity contribution is 5.98. The lowest BCUT2D eigenvalue weighted by molar-refractivity contribution is -0.111. The summed E-state index contributed by atoms with van der Waals surface area (Å²) in [5.41, 5.74) is -0.547. The fraction of sp³-hybridized carbons (Fsp3) is 0.333. The molecule has 0 aromatic heterocycles. The molecule has 0 radical (unpaired) electrons. The van der Waals surface area contributed by atoms with Crippen LogP contribution in [0.1, 0.15) is 6.92 Å². The number of aliphatic imine (C=N–C) groups is 1. The van der Waals surface area contributed by atoms with Crippen molar-refractivity contribution >= 4 is 12.1 Å². The van der Waals surface area contributed by atoms with Gasteiger partial charge < -0.3 is 9.69 Å². The van der Waals surface area contributed by atoms with Crippen LogP contribution in [0.2, 0.25) is 0 Å². The summed E-state index contributed by atoms with van der Waals surface area (Å²) in [7, 11) is 0. The smallest absolute Gasteiger partial charge is 0.149 e. The second-order valence-electron chi connectivity index (χ2n) is 3.27. The van der Waals surface area contributed by atoms with Crippen LogP contribution in [0.25, 0.3) is 0 Å². The highest BCUT2D eigenvalue weighted by Crippen LogP contribution is 2.21. The number of hydrogen-bond donors (Lipinski definition) is 0. The molecule has 62 valence electrons. The molecule has 1 unspecified atom stereocenters. The van der Waals surface area contributed by atoms with Gasteiger partial charge in [0.05, 0.1) is 6.54 Å². The summed E-state index contributed by atoms with van der Waals surface area (Å²) in [6, 6.07) is 0. The second kappa shape index (κ2) is 2.30. The Hall–Kier alpha value is -1.38. The van der Waals surface area contributed by atoms with Gasteiger partial charge in [-0.05, 0) is 19.1 Å². The zero-order chi connectivity index (χ0) is 8.60. The molecule has 0 saturated heterocycles. The van der Waals surface area contributed by atoms with Crippen molar-refractivity contribution in [2.24, 2.45) is 4.99 Å². The van der Waals surface area contributed by atoms with E-state index >= 15 is 0 Å². The van der Waals surface area contributed by atoms with Gasteiger partial charge in [-0.2, -0.15) is 0 Å². The molecule has 0 saturated carbocycles. The van der Waals surface area contributed by atoms with Crippen molar-refractivity contribution in [3.8, 4) is 0 Å². The quantitative estimate of drug-likeness (QED) is 0.533. The lowest BCUT2D eigenvalue weighted by atomic mass is 10.1. The Morgan fingerprint density at radius 3 is 3.17 bits per heavy atom. The monoisotopic (exact) mass is 162 g/mol. The van der Waals surface area contributed by atoms with E-state index in [-0.39, 0.29) is 0 Å². The lowest BCUT2D eigenvalue weighted by Crippen LogP contribution is -2.31. The van der Waals surface area contributed by atoms with Gasteiger partial charge in [0.25, 0.3) is 0 Å². The third kappa shape index (κ3) is 0.978. The van der Waals surface area contributed by atoms with Gasteiger partial charge in [-0.1, -0.05) is 6.08 Å². The van der Waals surface area contributed by atoms with E-state index in [2.05, 4.69) is 4.99 Å². The van der Waals surface area contributed by atoms with Crippen molar-refractivity contribution in [2.45, 2.75) is 12.5 Å². The SMILES string of the molecule is CC1(C=O)CN2C=CC=CC2=N1. The molecular weight excluding hydrogens is 152 g/mol. The number of nitrogens with zero attached hydrogens (tertiary/aromatic N) is 2. The van der Waals surface area contributed by atoms with Crippen LogP contribution in [0.5, 0.6) is 0 Å². The van der Waals surface area contributed by atoms with Crippen LogP contribution in [0.4, 0.5) is 0 Å². The number of rotatable bonds is 1.